The molecule has 3 amide bonds. The summed E-state index contributed by atoms with van der Waals surface area (Å²) in [5.41, 5.74) is 3.15. The van der Waals surface area contributed by atoms with Crippen LogP contribution in [0.5, 0.6) is 0 Å². The molecule has 2 aromatic rings. The molecule has 0 aliphatic heterocycles. The minimum absolute atomic E-state index is 0.0269. The topological polar surface area (TPSA) is 78.5 Å². The molecule has 0 spiro atoms. The lowest BCUT2D eigenvalue weighted by molar-refractivity contribution is -0.119. The van der Waals surface area contributed by atoms with Gasteiger partial charge in [0.2, 0.25) is 17.7 Å². The third kappa shape index (κ3) is 6.23. The first kappa shape index (κ1) is 21.2. The molecule has 0 atom stereocenters. The van der Waals surface area contributed by atoms with E-state index in [-0.39, 0.29) is 24.1 Å². The lowest BCUT2D eigenvalue weighted by Crippen LogP contribution is -2.26. The Morgan fingerprint density at radius 2 is 1.68 bits per heavy atom. The van der Waals surface area contributed by atoms with Crippen molar-refractivity contribution in [3.8, 4) is 0 Å². The van der Waals surface area contributed by atoms with Gasteiger partial charge in [-0.1, -0.05) is 31.2 Å². The van der Waals surface area contributed by atoms with Crippen LogP contribution < -0.4 is 15.5 Å². The SMILES string of the molecule is CCc1ccc(NC(C)=O)cc1NC(=O)CCCC(=O)N(C)c1ccccc1. The van der Waals surface area contributed by atoms with Gasteiger partial charge in [0, 0.05) is 43.9 Å². The van der Waals surface area contributed by atoms with Crippen molar-refractivity contribution in [1.29, 1.82) is 0 Å². The number of benzene rings is 2. The Morgan fingerprint density at radius 1 is 0.964 bits per heavy atom. The number of para-hydroxylation sites is 1. The third-order valence-electron chi connectivity index (χ3n) is 4.40. The van der Waals surface area contributed by atoms with Crippen LogP contribution in [0.4, 0.5) is 17.1 Å². The average molecular weight is 381 g/mol. The van der Waals surface area contributed by atoms with Gasteiger partial charge in [0.15, 0.2) is 0 Å². The molecular weight excluding hydrogens is 354 g/mol. The maximum atomic E-state index is 12.3. The minimum Gasteiger partial charge on any atom is -0.326 e. The number of nitrogens with one attached hydrogen (secondary N) is 2. The smallest absolute Gasteiger partial charge is 0.226 e. The summed E-state index contributed by atoms with van der Waals surface area (Å²) in [4.78, 5) is 37.4. The fourth-order valence-corrected chi connectivity index (χ4v) is 2.86. The van der Waals surface area contributed by atoms with Crippen LogP contribution in [0.3, 0.4) is 0 Å². The second-order valence-corrected chi connectivity index (χ2v) is 6.60. The molecule has 0 aliphatic carbocycles. The van der Waals surface area contributed by atoms with Crippen LogP contribution in [-0.4, -0.2) is 24.8 Å². The zero-order chi connectivity index (χ0) is 20.5. The van der Waals surface area contributed by atoms with Crippen LogP contribution in [0.2, 0.25) is 0 Å². The second-order valence-electron chi connectivity index (χ2n) is 6.60. The van der Waals surface area contributed by atoms with Gasteiger partial charge in [0.05, 0.1) is 0 Å². The summed E-state index contributed by atoms with van der Waals surface area (Å²) < 4.78 is 0. The van der Waals surface area contributed by atoms with Crippen molar-refractivity contribution in [2.24, 2.45) is 0 Å². The minimum atomic E-state index is -0.164. The first-order valence-electron chi connectivity index (χ1n) is 9.42. The Balaban J connectivity index is 1.88. The van der Waals surface area contributed by atoms with E-state index in [1.54, 1.807) is 18.0 Å². The maximum absolute atomic E-state index is 12.3. The Hall–Kier alpha value is -3.15. The number of rotatable bonds is 8. The van der Waals surface area contributed by atoms with Crippen molar-refractivity contribution >= 4 is 34.8 Å². The first-order valence-corrected chi connectivity index (χ1v) is 9.42. The van der Waals surface area contributed by atoms with E-state index in [9.17, 15) is 14.4 Å². The molecule has 6 nitrogen and oxygen atoms in total. The molecule has 2 N–H and O–H groups in total. The second kappa shape index (κ2) is 10.3. The lowest BCUT2D eigenvalue weighted by atomic mass is 10.1. The average Bonchev–Trinajstić information content (AvgIpc) is 2.67. The van der Waals surface area contributed by atoms with E-state index in [1.807, 2.05) is 49.4 Å². The Bertz CT molecular complexity index is 834. The highest BCUT2D eigenvalue weighted by molar-refractivity contribution is 5.95. The zero-order valence-electron chi connectivity index (χ0n) is 16.6. The summed E-state index contributed by atoms with van der Waals surface area (Å²) in [6.45, 7) is 3.44. The van der Waals surface area contributed by atoms with Gasteiger partial charge in [-0.2, -0.15) is 0 Å². The predicted molar refractivity (Wildman–Crippen MR) is 112 cm³/mol. The molecule has 0 radical (unpaired) electrons. The third-order valence-corrected chi connectivity index (χ3v) is 4.40. The summed E-state index contributed by atoms with van der Waals surface area (Å²) in [6, 6.07) is 14.9. The maximum Gasteiger partial charge on any atom is 0.226 e. The number of anilines is 3. The zero-order valence-corrected chi connectivity index (χ0v) is 16.6. The van der Waals surface area contributed by atoms with Gasteiger partial charge >= 0.3 is 0 Å². The summed E-state index contributed by atoms with van der Waals surface area (Å²) in [7, 11) is 1.73. The quantitative estimate of drug-likeness (QED) is 0.726. The molecule has 2 rings (SSSR count). The van der Waals surface area contributed by atoms with Crippen molar-refractivity contribution in [3.63, 3.8) is 0 Å². The highest BCUT2D eigenvalue weighted by Gasteiger charge is 2.12. The lowest BCUT2D eigenvalue weighted by Gasteiger charge is -2.17. The standard InChI is InChI=1S/C22H27N3O3/c1-4-17-13-14-18(23-16(2)26)15-20(17)24-21(27)11-8-12-22(28)25(3)19-9-6-5-7-10-19/h5-7,9-10,13-15H,4,8,11-12H2,1-3H3,(H,23,26)(H,24,27). The number of amides is 3. The molecule has 6 heteroatoms. The van der Waals surface area contributed by atoms with Gasteiger partial charge in [0.1, 0.15) is 0 Å². The molecule has 28 heavy (non-hydrogen) atoms. The van der Waals surface area contributed by atoms with Crippen molar-refractivity contribution in [3.05, 3.63) is 54.1 Å². The molecule has 0 fully saturated rings. The Labute approximate surface area is 165 Å². The van der Waals surface area contributed by atoms with Crippen molar-refractivity contribution in [1.82, 2.24) is 0 Å². The molecule has 0 bridgehead atoms. The highest BCUT2D eigenvalue weighted by atomic mass is 16.2. The van der Waals surface area contributed by atoms with E-state index in [0.29, 0.717) is 24.2 Å². The van der Waals surface area contributed by atoms with Crippen LogP contribution in [0.15, 0.2) is 48.5 Å². The van der Waals surface area contributed by atoms with Crippen molar-refractivity contribution < 1.29 is 14.4 Å². The number of hydrogen-bond acceptors (Lipinski definition) is 3. The monoisotopic (exact) mass is 381 g/mol. The number of carbonyl (C=O) groups is 3. The summed E-state index contributed by atoms with van der Waals surface area (Å²) >= 11 is 0. The van der Waals surface area contributed by atoms with E-state index in [4.69, 9.17) is 0 Å². The van der Waals surface area contributed by atoms with Crippen LogP contribution in [0, 0.1) is 0 Å². The van der Waals surface area contributed by atoms with Crippen LogP contribution in [0.1, 0.15) is 38.7 Å². The molecule has 0 saturated heterocycles. The van der Waals surface area contributed by atoms with Crippen molar-refractivity contribution in [2.45, 2.75) is 39.5 Å². The van der Waals surface area contributed by atoms with Crippen molar-refractivity contribution in [2.75, 3.05) is 22.6 Å². The van der Waals surface area contributed by atoms with E-state index >= 15 is 0 Å². The summed E-state index contributed by atoms with van der Waals surface area (Å²) in [5, 5.41) is 5.61. The molecule has 0 saturated carbocycles. The predicted octanol–water partition coefficient (Wildman–Crippen LogP) is 3.98. The summed E-state index contributed by atoms with van der Waals surface area (Å²) in [5.74, 6) is -0.340. The normalized spacial score (nSPS) is 10.2. The number of nitrogens with zero attached hydrogens (tertiary/aromatic N) is 1. The molecule has 0 aliphatic rings. The van der Waals surface area contributed by atoms with Gasteiger partial charge in [0.25, 0.3) is 0 Å². The van der Waals surface area contributed by atoms with Gasteiger partial charge in [-0.25, -0.2) is 0 Å². The number of hydrogen-bond donors (Lipinski definition) is 2. The summed E-state index contributed by atoms with van der Waals surface area (Å²) in [6.07, 6.45) is 1.78. The van der Waals surface area contributed by atoms with Gasteiger partial charge in [-0.05, 0) is 42.7 Å². The van der Waals surface area contributed by atoms with Crippen LogP contribution in [0.25, 0.3) is 0 Å². The van der Waals surface area contributed by atoms with Crippen LogP contribution >= 0.6 is 0 Å². The van der Waals surface area contributed by atoms with Gasteiger partial charge in [-0.3, -0.25) is 14.4 Å². The Kier molecular flexibility index (Phi) is 7.75. The molecule has 2 aromatic carbocycles. The van der Waals surface area contributed by atoms with Gasteiger partial charge < -0.3 is 15.5 Å². The fraction of sp³-hybridized carbons (Fsp3) is 0.318. The van der Waals surface area contributed by atoms with Crippen LogP contribution in [-0.2, 0) is 20.8 Å². The Morgan fingerprint density at radius 3 is 2.32 bits per heavy atom. The van der Waals surface area contributed by atoms with E-state index < -0.39 is 0 Å². The van der Waals surface area contributed by atoms with E-state index in [0.717, 1.165) is 17.7 Å². The van der Waals surface area contributed by atoms with E-state index in [2.05, 4.69) is 10.6 Å². The van der Waals surface area contributed by atoms with E-state index in [1.165, 1.54) is 6.92 Å². The first-order chi connectivity index (χ1) is 13.4. The molecule has 0 unspecified atom stereocenters. The largest absolute Gasteiger partial charge is 0.326 e. The molecule has 148 valence electrons. The number of carbonyl (C=O) groups excluding carboxylic acids is 3. The number of aryl methyl sites for hydroxylation is 1. The molecular formula is C22H27N3O3. The van der Waals surface area contributed by atoms with Gasteiger partial charge in [-0.15, -0.1) is 0 Å². The highest BCUT2D eigenvalue weighted by Crippen LogP contribution is 2.22. The fourth-order valence-electron chi connectivity index (χ4n) is 2.86. The molecule has 0 heterocycles. The molecule has 0 aromatic heterocycles.